The summed E-state index contributed by atoms with van der Waals surface area (Å²) in [4.78, 5) is 21.0. The predicted molar refractivity (Wildman–Crippen MR) is 91.2 cm³/mol. The molecule has 1 aromatic rings. The number of anilines is 1. The lowest BCUT2D eigenvalue weighted by Crippen LogP contribution is -2.31. The van der Waals surface area contributed by atoms with Gasteiger partial charge in [-0.15, -0.1) is 0 Å². The molecular weight excluding hydrogens is 276 g/mol. The molecule has 0 saturated carbocycles. The Bertz CT molecular complexity index is 480. The zero-order chi connectivity index (χ0) is 17.0. The van der Waals surface area contributed by atoms with Gasteiger partial charge in [-0.25, -0.2) is 9.97 Å². The van der Waals surface area contributed by atoms with Crippen LogP contribution in [0.2, 0.25) is 0 Å². The first-order chi connectivity index (χ1) is 10.0. The van der Waals surface area contributed by atoms with Crippen molar-refractivity contribution >= 4 is 11.7 Å². The number of nitrogens with one attached hydrogen (secondary N) is 2. The molecule has 2 N–H and O–H groups in total. The van der Waals surface area contributed by atoms with Crippen LogP contribution in [0, 0.1) is 0 Å². The van der Waals surface area contributed by atoms with Crippen LogP contribution in [0.5, 0.6) is 0 Å². The van der Waals surface area contributed by atoms with Crippen LogP contribution < -0.4 is 10.6 Å². The minimum absolute atomic E-state index is 0.0184. The van der Waals surface area contributed by atoms with Gasteiger partial charge in [-0.3, -0.25) is 4.79 Å². The SMILES string of the molecule is CCCNC(=O)CNc1cc(C(C)(C)C)nc(C(C)(C)C)n1. The number of rotatable bonds is 5. The standard InChI is InChI=1S/C17H30N4O/c1-8-9-18-14(22)11-19-13-10-12(16(2,3)4)20-15(21-13)17(5,6)7/h10H,8-9,11H2,1-7H3,(H,18,22)(H,19,20,21). The molecule has 1 aromatic heterocycles. The van der Waals surface area contributed by atoms with Gasteiger partial charge in [0.05, 0.1) is 12.2 Å². The maximum atomic E-state index is 11.7. The van der Waals surface area contributed by atoms with E-state index in [2.05, 4.69) is 57.2 Å². The van der Waals surface area contributed by atoms with Crippen molar-refractivity contribution in [3.8, 4) is 0 Å². The monoisotopic (exact) mass is 306 g/mol. The van der Waals surface area contributed by atoms with Crippen LogP contribution in [-0.2, 0) is 15.6 Å². The van der Waals surface area contributed by atoms with Crippen LogP contribution in [0.4, 0.5) is 5.82 Å². The third kappa shape index (κ3) is 5.62. The summed E-state index contributed by atoms with van der Waals surface area (Å²) in [6, 6.07) is 1.93. The van der Waals surface area contributed by atoms with Crippen molar-refractivity contribution in [3.05, 3.63) is 17.6 Å². The maximum absolute atomic E-state index is 11.7. The van der Waals surface area contributed by atoms with Gasteiger partial charge in [0.1, 0.15) is 11.6 Å². The van der Waals surface area contributed by atoms with Crippen LogP contribution in [0.3, 0.4) is 0 Å². The third-order valence-electron chi connectivity index (χ3n) is 3.17. The highest BCUT2D eigenvalue weighted by molar-refractivity contribution is 5.80. The highest BCUT2D eigenvalue weighted by Crippen LogP contribution is 2.26. The molecule has 124 valence electrons. The van der Waals surface area contributed by atoms with Gasteiger partial charge < -0.3 is 10.6 Å². The lowest BCUT2D eigenvalue weighted by Gasteiger charge is -2.24. The fourth-order valence-electron chi connectivity index (χ4n) is 1.76. The van der Waals surface area contributed by atoms with Gasteiger partial charge in [-0.1, -0.05) is 48.5 Å². The normalized spacial score (nSPS) is 12.1. The van der Waals surface area contributed by atoms with Crippen LogP contribution in [0.15, 0.2) is 6.07 Å². The molecule has 0 saturated heterocycles. The van der Waals surface area contributed by atoms with Crippen molar-refractivity contribution in [2.24, 2.45) is 0 Å². The number of nitrogens with zero attached hydrogens (tertiary/aromatic N) is 2. The van der Waals surface area contributed by atoms with E-state index in [-0.39, 0.29) is 23.3 Å². The summed E-state index contributed by atoms with van der Waals surface area (Å²) >= 11 is 0. The van der Waals surface area contributed by atoms with Crippen LogP contribution >= 0.6 is 0 Å². The molecule has 1 heterocycles. The number of carbonyl (C=O) groups is 1. The van der Waals surface area contributed by atoms with E-state index in [1.165, 1.54) is 0 Å². The number of hydrogen-bond acceptors (Lipinski definition) is 4. The second-order valence-electron chi connectivity index (χ2n) is 7.67. The molecule has 0 aliphatic rings. The first kappa shape index (κ1) is 18.4. The quantitative estimate of drug-likeness (QED) is 0.877. The first-order valence-electron chi connectivity index (χ1n) is 7.94. The Labute approximate surface area is 134 Å². The Hall–Kier alpha value is -1.65. The van der Waals surface area contributed by atoms with Crippen molar-refractivity contribution < 1.29 is 4.79 Å². The largest absolute Gasteiger partial charge is 0.361 e. The Balaban J connectivity index is 2.96. The van der Waals surface area contributed by atoms with Crippen LogP contribution in [0.1, 0.15) is 66.4 Å². The molecule has 0 spiro atoms. The topological polar surface area (TPSA) is 66.9 Å². The van der Waals surface area contributed by atoms with Gasteiger partial charge in [0, 0.05) is 23.4 Å². The van der Waals surface area contributed by atoms with E-state index in [1.54, 1.807) is 0 Å². The highest BCUT2D eigenvalue weighted by Gasteiger charge is 2.23. The summed E-state index contributed by atoms with van der Waals surface area (Å²) in [5.41, 5.74) is 0.773. The van der Waals surface area contributed by atoms with E-state index in [4.69, 9.17) is 4.98 Å². The first-order valence-corrected chi connectivity index (χ1v) is 7.94. The van der Waals surface area contributed by atoms with Crippen LogP contribution in [-0.4, -0.2) is 29.0 Å². The molecule has 0 aromatic carbocycles. The average molecular weight is 306 g/mol. The smallest absolute Gasteiger partial charge is 0.239 e. The van der Waals surface area contributed by atoms with E-state index >= 15 is 0 Å². The van der Waals surface area contributed by atoms with Crippen molar-refractivity contribution in [1.82, 2.24) is 15.3 Å². The van der Waals surface area contributed by atoms with E-state index in [0.29, 0.717) is 12.4 Å². The predicted octanol–water partition coefficient (Wildman–Crippen LogP) is 3.01. The van der Waals surface area contributed by atoms with E-state index in [1.807, 2.05) is 13.0 Å². The van der Waals surface area contributed by atoms with Crippen molar-refractivity contribution in [1.29, 1.82) is 0 Å². The molecule has 1 amide bonds. The van der Waals surface area contributed by atoms with Gasteiger partial charge in [0.15, 0.2) is 0 Å². The fraction of sp³-hybridized carbons (Fsp3) is 0.706. The van der Waals surface area contributed by atoms with E-state index in [9.17, 15) is 4.79 Å². The minimum Gasteiger partial charge on any atom is -0.361 e. The number of aromatic nitrogens is 2. The zero-order valence-corrected chi connectivity index (χ0v) is 15.0. The minimum atomic E-state index is -0.137. The summed E-state index contributed by atoms with van der Waals surface area (Å²) in [5.74, 6) is 1.47. The second-order valence-corrected chi connectivity index (χ2v) is 7.67. The molecular formula is C17H30N4O. The van der Waals surface area contributed by atoms with Gasteiger partial charge in [-0.05, 0) is 6.42 Å². The molecule has 0 bridgehead atoms. The van der Waals surface area contributed by atoms with Crippen molar-refractivity contribution in [3.63, 3.8) is 0 Å². The molecule has 0 aliphatic carbocycles. The Morgan fingerprint density at radius 3 is 2.23 bits per heavy atom. The van der Waals surface area contributed by atoms with E-state index < -0.39 is 0 Å². The summed E-state index contributed by atoms with van der Waals surface area (Å²) in [5, 5.41) is 5.96. The fourth-order valence-corrected chi connectivity index (χ4v) is 1.76. The van der Waals surface area contributed by atoms with Gasteiger partial charge in [0.25, 0.3) is 0 Å². The summed E-state index contributed by atoms with van der Waals surface area (Å²) < 4.78 is 0. The van der Waals surface area contributed by atoms with E-state index in [0.717, 1.165) is 17.9 Å². The lowest BCUT2D eigenvalue weighted by molar-refractivity contribution is -0.119. The number of hydrogen-bond donors (Lipinski definition) is 2. The molecule has 0 unspecified atom stereocenters. The highest BCUT2D eigenvalue weighted by atomic mass is 16.1. The zero-order valence-electron chi connectivity index (χ0n) is 15.0. The van der Waals surface area contributed by atoms with Crippen molar-refractivity contribution in [2.75, 3.05) is 18.4 Å². The molecule has 0 radical (unpaired) electrons. The Morgan fingerprint density at radius 2 is 1.73 bits per heavy atom. The Kier molecular flexibility index (Phi) is 5.92. The van der Waals surface area contributed by atoms with Gasteiger partial charge >= 0.3 is 0 Å². The molecule has 22 heavy (non-hydrogen) atoms. The average Bonchev–Trinajstić information content (AvgIpc) is 2.40. The summed E-state index contributed by atoms with van der Waals surface area (Å²) in [6.45, 7) is 15.6. The number of carbonyl (C=O) groups excluding carboxylic acids is 1. The lowest BCUT2D eigenvalue weighted by atomic mass is 9.90. The molecule has 5 heteroatoms. The van der Waals surface area contributed by atoms with Crippen LogP contribution in [0.25, 0.3) is 0 Å². The third-order valence-corrected chi connectivity index (χ3v) is 3.17. The second kappa shape index (κ2) is 7.07. The summed E-state index contributed by atoms with van der Waals surface area (Å²) in [7, 11) is 0. The molecule has 1 rings (SSSR count). The van der Waals surface area contributed by atoms with Gasteiger partial charge in [0.2, 0.25) is 5.91 Å². The molecule has 5 nitrogen and oxygen atoms in total. The van der Waals surface area contributed by atoms with Gasteiger partial charge in [-0.2, -0.15) is 0 Å². The molecule has 0 fully saturated rings. The molecule has 0 aliphatic heterocycles. The molecule has 0 atom stereocenters. The number of amides is 1. The van der Waals surface area contributed by atoms with Crippen molar-refractivity contribution in [2.45, 2.75) is 65.7 Å². The Morgan fingerprint density at radius 1 is 1.09 bits per heavy atom. The maximum Gasteiger partial charge on any atom is 0.239 e. The summed E-state index contributed by atoms with van der Waals surface area (Å²) in [6.07, 6.45) is 0.932.